The molecule has 1 N–H and O–H groups in total. The summed E-state index contributed by atoms with van der Waals surface area (Å²) in [4.78, 5) is 37.8. The van der Waals surface area contributed by atoms with Crippen molar-refractivity contribution in [2.45, 2.75) is 19.8 Å². The Morgan fingerprint density at radius 3 is 2.38 bits per heavy atom. The minimum absolute atomic E-state index is 0.112. The number of amides is 2. The summed E-state index contributed by atoms with van der Waals surface area (Å²) >= 11 is 0. The van der Waals surface area contributed by atoms with Crippen LogP contribution in [0.5, 0.6) is 5.75 Å². The van der Waals surface area contributed by atoms with Gasteiger partial charge in [0.25, 0.3) is 0 Å². The molecule has 2 aromatic rings. The van der Waals surface area contributed by atoms with Gasteiger partial charge in [-0.05, 0) is 30.2 Å². The molecule has 0 saturated heterocycles. The zero-order chi connectivity index (χ0) is 21.2. The summed E-state index contributed by atoms with van der Waals surface area (Å²) in [6.45, 7) is 2.01. The molecule has 0 spiro atoms. The molecule has 154 valence electrons. The maximum absolute atomic E-state index is 12.2. The SMILES string of the molecule is COC(=O)c1ccccc1N(CCC(=O)NCCc1ccccc1OC)C(C)=O. The lowest BCUT2D eigenvalue weighted by Gasteiger charge is -2.23. The van der Waals surface area contributed by atoms with Crippen LogP contribution in [0.2, 0.25) is 0 Å². The lowest BCUT2D eigenvalue weighted by Crippen LogP contribution is -2.35. The molecule has 29 heavy (non-hydrogen) atoms. The number of carbonyl (C=O) groups is 3. The highest BCUT2D eigenvalue weighted by Gasteiger charge is 2.20. The molecule has 0 fully saturated rings. The number of carbonyl (C=O) groups excluding carboxylic acids is 3. The highest BCUT2D eigenvalue weighted by atomic mass is 16.5. The Hall–Kier alpha value is -3.35. The zero-order valence-corrected chi connectivity index (χ0v) is 16.9. The standard InChI is InChI=1S/C22H26N2O5/c1-16(25)24(19-10-6-5-9-18(19)22(27)29-3)15-13-21(26)23-14-12-17-8-4-7-11-20(17)28-2/h4-11H,12-15H2,1-3H3,(H,23,26). The maximum Gasteiger partial charge on any atom is 0.339 e. The molecule has 7 heteroatoms. The van der Waals surface area contributed by atoms with Crippen molar-refractivity contribution in [1.82, 2.24) is 5.32 Å². The van der Waals surface area contributed by atoms with E-state index in [1.54, 1.807) is 31.4 Å². The van der Waals surface area contributed by atoms with Crippen LogP contribution in [0, 0.1) is 0 Å². The van der Waals surface area contributed by atoms with Gasteiger partial charge < -0.3 is 19.7 Å². The number of esters is 1. The van der Waals surface area contributed by atoms with Crippen LogP contribution in [0.15, 0.2) is 48.5 Å². The highest BCUT2D eigenvalue weighted by molar-refractivity contribution is 6.02. The molecule has 0 aliphatic rings. The Bertz CT molecular complexity index is 866. The van der Waals surface area contributed by atoms with Crippen LogP contribution in [0.4, 0.5) is 5.69 Å². The van der Waals surface area contributed by atoms with Crippen molar-refractivity contribution in [3.05, 3.63) is 59.7 Å². The molecule has 2 rings (SSSR count). The fourth-order valence-electron chi connectivity index (χ4n) is 2.99. The first-order chi connectivity index (χ1) is 14.0. The lowest BCUT2D eigenvalue weighted by molar-refractivity contribution is -0.121. The van der Waals surface area contributed by atoms with E-state index in [-0.39, 0.29) is 30.3 Å². The van der Waals surface area contributed by atoms with Gasteiger partial charge in [-0.2, -0.15) is 0 Å². The summed E-state index contributed by atoms with van der Waals surface area (Å²) in [5.41, 5.74) is 1.71. The fourth-order valence-corrected chi connectivity index (χ4v) is 2.99. The minimum atomic E-state index is -0.534. The number of benzene rings is 2. The number of nitrogens with one attached hydrogen (secondary N) is 1. The number of rotatable bonds is 9. The summed E-state index contributed by atoms with van der Waals surface area (Å²) in [5, 5.41) is 2.85. The van der Waals surface area contributed by atoms with Crippen LogP contribution in [-0.4, -0.2) is 45.1 Å². The normalized spacial score (nSPS) is 10.2. The molecule has 2 aromatic carbocycles. The van der Waals surface area contributed by atoms with E-state index >= 15 is 0 Å². The maximum atomic E-state index is 12.2. The molecule has 0 unspecified atom stereocenters. The van der Waals surface area contributed by atoms with Gasteiger partial charge in [-0.15, -0.1) is 0 Å². The molecule has 0 aromatic heterocycles. The Balaban J connectivity index is 1.95. The molecule has 2 amide bonds. The molecular weight excluding hydrogens is 372 g/mol. The van der Waals surface area contributed by atoms with Gasteiger partial charge >= 0.3 is 5.97 Å². The van der Waals surface area contributed by atoms with Gasteiger partial charge in [0.05, 0.1) is 25.5 Å². The largest absolute Gasteiger partial charge is 0.496 e. The Labute approximate surface area is 170 Å². The second-order valence-corrected chi connectivity index (χ2v) is 6.34. The van der Waals surface area contributed by atoms with Gasteiger partial charge in [0, 0.05) is 26.4 Å². The first kappa shape index (κ1) is 21.9. The average molecular weight is 398 g/mol. The van der Waals surface area contributed by atoms with E-state index in [4.69, 9.17) is 9.47 Å². The first-order valence-corrected chi connectivity index (χ1v) is 9.32. The molecule has 0 aliphatic heterocycles. The van der Waals surface area contributed by atoms with Gasteiger partial charge in [0.2, 0.25) is 11.8 Å². The molecule has 0 radical (unpaired) electrons. The van der Waals surface area contributed by atoms with Crippen molar-refractivity contribution < 1.29 is 23.9 Å². The first-order valence-electron chi connectivity index (χ1n) is 9.32. The smallest absolute Gasteiger partial charge is 0.339 e. The van der Waals surface area contributed by atoms with E-state index in [1.165, 1.54) is 18.9 Å². The predicted molar refractivity (Wildman–Crippen MR) is 110 cm³/mol. The summed E-state index contributed by atoms with van der Waals surface area (Å²) in [7, 11) is 2.90. The van der Waals surface area contributed by atoms with E-state index in [0.29, 0.717) is 18.7 Å². The van der Waals surface area contributed by atoms with Crippen molar-refractivity contribution in [2.75, 3.05) is 32.2 Å². The Morgan fingerprint density at radius 1 is 1.00 bits per heavy atom. The van der Waals surface area contributed by atoms with E-state index in [1.807, 2.05) is 24.3 Å². The van der Waals surface area contributed by atoms with E-state index in [0.717, 1.165) is 11.3 Å². The van der Waals surface area contributed by atoms with Crippen molar-refractivity contribution in [1.29, 1.82) is 0 Å². The zero-order valence-electron chi connectivity index (χ0n) is 16.9. The third kappa shape index (κ3) is 6.07. The van der Waals surface area contributed by atoms with Gasteiger partial charge in [-0.3, -0.25) is 9.59 Å². The van der Waals surface area contributed by atoms with Crippen molar-refractivity contribution in [2.24, 2.45) is 0 Å². The fraction of sp³-hybridized carbons (Fsp3) is 0.318. The van der Waals surface area contributed by atoms with Crippen molar-refractivity contribution in [3.8, 4) is 5.75 Å². The summed E-state index contributed by atoms with van der Waals surface area (Å²) in [6.07, 6.45) is 0.748. The van der Waals surface area contributed by atoms with Gasteiger partial charge in [-0.1, -0.05) is 30.3 Å². The van der Waals surface area contributed by atoms with Crippen molar-refractivity contribution in [3.63, 3.8) is 0 Å². The second kappa shape index (κ2) is 10.8. The molecule has 0 aliphatic carbocycles. The predicted octanol–water partition coefficient (Wildman–Crippen LogP) is 2.58. The minimum Gasteiger partial charge on any atom is -0.496 e. The summed E-state index contributed by atoms with van der Waals surface area (Å²) in [5.74, 6) is -0.193. The van der Waals surface area contributed by atoms with Crippen LogP contribution in [0.3, 0.4) is 0 Å². The number of methoxy groups -OCH3 is 2. The average Bonchev–Trinajstić information content (AvgIpc) is 2.73. The number of anilines is 1. The van der Waals surface area contributed by atoms with Crippen molar-refractivity contribution >= 4 is 23.5 Å². The quantitative estimate of drug-likeness (QED) is 0.657. The van der Waals surface area contributed by atoms with Crippen LogP contribution >= 0.6 is 0 Å². The molecular formula is C22H26N2O5. The number of nitrogens with zero attached hydrogens (tertiary/aromatic N) is 1. The highest BCUT2D eigenvalue weighted by Crippen LogP contribution is 2.22. The van der Waals surface area contributed by atoms with Gasteiger partial charge in [0.1, 0.15) is 5.75 Å². The Morgan fingerprint density at radius 2 is 1.69 bits per heavy atom. The second-order valence-electron chi connectivity index (χ2n) is 6.34. The van der Waals surface area contributed by atoms with E-state index in [9.17, 15) is 14.4 Å². The third-order valence-electron chi connectivity index (χ3n) is 4.45. The van der Waals surface area contributed by atoms with Gasteiger partial charge in [0.15, 0.2) is 0 Å². The number of para-hydroxylation sites is 2. The van der Waals surface area contributed by atoms with Gasteiger partial charge in [-0.25, -0.2) is 4.79 Å². The van der Waals surface area contributed by atoms with Crippen LogP contribution in [-0.2, 0) is 20.7 Å². The number of ether oxygens (including phenoxy) is 2. The molecule has 0 bridgehead atoms. The lowest BCUT2D eigenvalue weighted by atomic mass is 10.1. The monoisotopic (exact) mass is 398 g/mol. The van der Waals surface area contributed by atoms with E-state index < -0.39 is 5.97 Å². The third-order valence-corrected chi connectivity index (χ3v) is 4.45. The summed E-state index contributed by atoms with van der Waals surface area (Å²) < 4.78 is 10.1. The van der Waals surface area contributed by atoms with Crippen LogP contribution in [0.25, 0.3) is 0 Å². The Kier molecular flexibility index (Phi) is 8.21. The topological polar surface area (TPSA) is 84.9 Å². The summed E-state index contributed by atoms with van der Waals surface area (Å²) in [6, 6.07) is 14.3. The molecule has 0 saturated carbocycles. The molecule has 0 heterocycles. The van der Waals surface area contributed by atoms with Crippen LogP contribution < -0.4 is 15.0 Å². The molecule has 0 atom stereocenters. The number of hydrogen-bond donors (Lipinski definition) is 1. The molecule has 7 nitrogen and oxygen atoms in total. The van der Waals surface area contributed by atoms with Crippen LogP contribution in [0.1, 0.15) is 29.3 Å². The van der Waals surface area contributed by atoms with E-state index in [2.05, 4.69) is 5.32 Å². The number of hydrogen-bond acceptors (Lipinski definition) is 5.